The summed E-state index contributed by atoms with van der Waals surface area (Å²) in [7, 11) is 0. The van der Waals surface area contributed by atoms with Gasteiger partial charge in [0.2, 0.25) is 0 Å². The minimum absolute atomic E-state index is 0.582. The largest absolute Gasteiger partial charge is 0.372 e. The van der Waals surface area contributed by atoms with E-state index in [4.69, 9.17) is 0 Å². The average Bonchev–Trinajstić information content (AvgIpc) is 2.56. The van der Waals surface area contributed by atoms with Crippen LogP contribution in [0.15, 0.2) is 53.5 Å². The molecule has 4 nitrogen and oxygen atoms in total. The van der Waals surface area contributed by atoms with Crippen LogP contribution in [0.25, 0.3) is 0 Å². The maximum absolute atomic E-state index is 11.4. The summed E-state index contributed by atoms with van der Waals surface area (Å²) in [5, 5.41) is 14.7. The second kappa shape index (κ2) is 5.66. The highest BCUT2D eigenvalue weighted by molar-refractivity contribution is 5.94. The maximum atomic E-state index is 11.4. The molecule has 0 fully saturated rings. The zero-order valence-electron chi connectivity index (χ0n) is 12.1. The van der Waals surface area contributed by atoms with E-state index in [9.17, 15) is 5.11 Å². The van der Waals surface area contributed by atoms with Crippen molar-refractivity contribution in [1.82, 2.24) is 10.3 Å². The molecule has 0 saturated carbocycles. The molecule has 2 heterocycles. The molecule has 1 unspecified atom stereocenters. The van der Waals surface area contributed by atoms with E-state index in [1.54, 1.807) is 0 Å². The van der Waals surface area contributed by atoms with E-state index in [0.717, 1.165) is 30.8 Å². The number of rotatable bonds is 3. The molecule has 1 aliphatic rings. The van der Waals surface area contributed by atoms with Gasteiger partial charge in [0, 0.05) is 18.8 Å². The highest BCUT2D eigenvalue weighted by Crippen LogP contribution is 2.30. The van der Waals surface area contributed by atoms with Gasteiger partial charge in [0.25, 0.3) is 0 Å². The third-order valence-corrected chi connectivity index (χ3v) is 3.69. The van der Waals surface area contributed by atoms with Crippen LogP contribution >= 0.6 is 0 Å². The Morgan fingerprint density at radius 2 is 1.90 bits per heavy atom. The molecule has 0 aliphatic carbocycles. The van der Waals surface area contributed by atoms with E-state index in [-0.39, 0.29) is 0 Å². The Morgan fingerprint density at radius 1 is 1.10 bits per heavy atom. The number of aromatic nitrogens is 1. The first-order valence-corrected chi connectivity index (χ1v) is 7.22. The highest BCUT2D eigenvalue weighted by Gasteiger charge is 2.39. The van der Waals surface area contributed by atoms with Crippen LogP contribution < -0.4 is 5.32 Å². The smallest absolute Gasteiger partial charge is 0.189 e. The lowest BCUT2D eigenvalue weighted by Crippen LogP contribution is -2.48. The molecule has 1 atom stereocenters. The Bertz CT molecular complexity index is 654. The number of benzene rings is 1. The first-order valence-electron chi connectivity index (χ1n) is 7.22. The molecular weight excluding hydrogens is 262 g/mol. The van der Waals surface area contributed by atoms with E-state index in [1.807, 2.05) is 55.5 Å². The summed E-state index contributed by atoms with van der Waals surface area (Å²) in [5.41, 5.74) is 0.921. The Kier molecular flexibility index (Phi) is 3.71. The van der Waals surface area contributed by atoms with Gasteiger partial charge in [-0.15, -0.1) is 0 Å². The normalized spacial score (nSPS) is 17.5. The Balaban J connectivity index is 2.17. The Morgan fingerprint density at radius 3 is 2.57 bits per heavy atom. The number of aryl methyl sites for hydroxylation is 1. The molecule has 0 saturated heterocycles. The first-order chi connectivity index (χ1) is 10.2. The number of aliphatic imine (C=N–C) groups is 1. The third-order valence-electron chi connectivity index (χ3n) is 3.69. The fourth-order valence-corrected chi connectivity index (χ4v) is 2.60. The number of hydrogen-bond acceptors (Lipinski definition) is 4. The van der Waals surface area contributed by atoms with E-state index < -0.39 is 5.60 Å². The van der Waals surface area contributed by atoms with Crippen LogP contribution in [0, 0.1) is 6.92 Å². The summed E-state index contributed by atoms with van der Waals surface area (Å²) in [6.07, 6.45) is 0.982. The van der Waals surface area contributed by atoms with Crippen molar-refractivity contribution in [3.05, 3.63) is 65.5 Å². The SMILES string of the molecule is Cc1cccc(C(O)(C2=NCCCN2)c2ccccc2)n1. The quantitative estimate of drug-likeness (QED) is 0.905. The number of nitrogens with zero attached hydrogens (tertiary/aromatic N) is 2. The van der Waals surface area contributed by atoms with E-state index >= 15 is 0 Å². The topological polar surface area (TPSA) is 57.5 Å². The molecule has 0 spiro atoms. The number of aliphatic hydroxyl groups is 1. The van der Waals surface area contributed by atoms with Crippen molar-refractivity contribution in [2.45, 2.75) is 18.9 Å². The van der Waals surface area contributed by atoms with Gasteiger partial charge >= 0.3 is 0 Å². The predicted octanol–water partition coefficient (Wildman–Crippen LogP) is 2.02. The van der Waals surface area contributed by atoms with Crippen LogP contribution in [0.3, 0.4) is 0 Å². The van der Waals surface area contributed by atoms with Crippen LogP contribution in [-0.4, -0.2) is 29.0 Å². The van der Waals surface area contributed by atoms with Gasteiger partial charge in [0.05, 0.1) is 5.69 Å². The molecule has 1 aromatic carbocycles. The molecule has 2 N–H and O–H groups in total. The fraction of sp³-hybridized carbons (Fsp3) is 0.294. The molecule has 1 aromatic heterocycles. The van der Waals surface area contributed by atoms with Gasteiger partial charge in [-0.05, 0) is 31.0 Å². The van der Waals surface area contributed by atoms with Crippen LogP contribution in [0.2, 0.25) is 0 Å². The molecule has 2 aromatic rings. The summed E-state index contributed by atoms with van der Waals surface area (Å²) in [5.74, 6) is 0.582. The van der Waals surface area contributed by atoms with Gasteiger partial charge in [-0.25, -0.2) is 0 Å². The predicted molar refractivity (Wildman–Crippen MR) is 83.3 cm³/mol. The standard InChI is InChI=1S/C17H19N3O/c1-13-7-5-10-15(20-13)17(21,14-8-3-2-4-9-14)16-18-11-6-12-19-16/h2-5,7-10,21H,6,11-12H2,1H3,(H,18,19). The zero-order valence-corrected chi connectivity index (χ0v) is 12.1. The highest BCUT2D eigenvalue weighted by atomic mass is 16.3. The number of hydrogen-bond donors (Lipinski definition) is 2. The number of amidine groups is 1. The summed E-state index contributed by atoms with van der Waals surface area (Å²) in [4.78, 5) is 9.03. The summed E-state index contributed by atoms with van der Waals surface area (Å²) in [6.45, 7) is 3.47. The van der Waals surface area contributed by atoms with Crippen molar-refractivity contribution in [3.63, 3.8) is 0 Å². The van der Waals surface area contributed by atoms with Crippen molar-refractivity contribution in [2.75, 3.05) is 13.1 Å². The summed E-state index contributed by atoms with van der Waals surface area (Å²) >= 11 is 0. The first kappa shape index (κ1) is 13.8. The number of nitrogens with one attached hydrogen (secondary N) is 1. The van der Waals surface area contributed by atoms with Gasteiger partial charge in [0.15, 0.2) is 5.60 Å². The monoisotopic (exact) mass is 281 g/mol. The molecule has 4 heteroatoms. The van der Waals surface area contributed by atoms with Crippen molar-refractivity contribution in [2.24, 2.45) is 4.99 Å². The Labute approximate surface area is 124 Å². The van der Waals surface area contributed by atoms with Crippen molar-refractivity contribution in [3.8, 4) is 0 Å². The third kappa shape index (κ3) is 2.54. The van der Waals surface area contributed by atoms with Crippen LogP contribution in [0.4, 0.5) is 0 Å². The van der Waals surface area contributed by atoms with Gasteiger partial charge in [0.1, 0.15) is 5.84 Å². The maximum Gasteiger partial charge on any atom is 0.189 e. The lowest BCUT2D eigenvalue weighted by molar-refractivity contribution is 0.145. The molecule has 108 valence electrons. The molecule has 1 aliphatic heterocycles. The van der Waals surface area contributed by atoms with Gasteiger partial charge in [-0.2, -0.15) is 0 Å². The van der Waals surface area contributed by atoms with Crippen LogP contribution in [-0.2, 0) is 5.60 Å². The van der Waals surface area contributed by atoms with E-state index in [1.165, 1.54) is 0 Å². The second-order valence-corrected chi connectivity index (χ2v) is 5.25. The molecule has 0 radical (unpaired) electrons. The average molecular weight is 281 g/mol. The molecular formula is C17H19N3O. The Hall–Kier alpha value is -2.20. The lowest BCUT2D eigenvalue weighted by atomic mass is 9.87. The van der Waals surface area contributed by atoms with Crippen LogP contribution in [0.1, 0.15) is 23.4 Å². The summed E-state index contributed by atoms with van der Waals surface area (Å²) < 4.78 is 0. The van der Waals surface area contributed by atoms with E-state index in [2.05, 4.69) is 15.3 Å². The molecule has 0 amide bonds. The second-order valence-electron chi connectivity index (χ2n) is 5.25. The van der Waals surface area contributed by atoms with E-state index in [0.29, 0.717) is 11.5 Å². The number of pyridine rings is 1. The van der Waals surface area contributed by atoms with Gasteiger partial charge < -0.3 is 10.4 Å². The fourth-order valence-electron chi connectivity index (χ4n) is 2.60. The molecule has 3 rings (SSSR count). The zero-order chi connectivity index (χ0) is 14.7. The minimum atomic E-state index is -1.33. The lowest BCUT2D eigenvalue weighted by Gasteiger charge is -2.32. The minimum Gasteiger partial charge on any atom is -0.372 e. The van der Waals surface area contributed by atoms with Gasteiger partial charge in [-0.3, -0.25) is 9.98 Å². The van der Waals surface area contributed by atoms with Crippen molar-refractivity contribution < 1.29 is 5.11 Å². The molecule has 0 bridgehead atoms. The summed E-state index contributed by atoms with van der Waals surface area (Å²) in [6, 6.07) is 15.3. The van der Waals surface area contributed by atoms with Crippen LogP contribution in [0.5, 0.6) is 0 Å². The van der Waals surface area contributed by atoms with Gasteiger partial charge in [-0.1, -0.05) is 36.4 Å². The van der Waals surface area contributed by atoms with Crippen molar-refractivity contribution >= 4 is 5.84 Å². The van der Waals surface area contributed by atoms with Crippen molar-refractivity contribution in [1.29, 1.82) is 0 Å². The molecule has 21 heavy (non-hydrogen) atoms.